The topological polar surface area (TPSA) is 65.2 Å². The summed E-state index contributed by atoms with van der Waals surface area (Å²) in [7, 11) is 1.62. The lowest BCUT2D eigenvalue weighted by molar-refractivity contribution is 0.265. The van der Waals surface area contributed by atoms with E-state index in [1.807, 2.05) is 53.1 Å². The Morgan fingerprint density at radius 1 is 1.00 bits per heavy atom. The Morgan fingerprint density at radius 3 is 2.67 bits per heavy atom. The van der Waals surface area contributed by atoms with E-state index in [9.17, 15) is 4.79 Å². The van der Waals surface area contributed by atoms with E-state index in [2.05, 4.69) is 15.0 Å². The number of hydrogen-bond donors (Lipinski definition) is 0. The molecule has 3 aromatic rings. The fourth-order valence-corrected chi connectivity index (χ4v) is 3.41. The molecule has 4 rings (SSSR count). The number of pyridine rings is 1. The van der Waals surface area contributed by atoms with Gasteiger partial charge < -0.3 is 4.74 Å². The SMILES string of the molecule is COc1cccc(CN2CCc3nn(Cc4ccccc4)c(=O)n3CC2)n1. The summed E-state index contributed by atoms with van der Waals surface area (Å²) in [4.78, 5) is 19.5. The van der Waals surface area contributed by atoms with Crippen molar-refractivity contribution in [2.24, 2.45) is 0 Å². The number of hydrogen-bond acceptors (Lipinski definition) is 5. The maximum Gasteiger partial charge on any atom is 0.346 e. The van der Waals surface area contributed by atoms with E-state index in [0.717, 1.165) is 43.1 Å². The zero-order valence-electron chi connectivity index (χ0n) is 15.4. The molecule has 0 aliphatic carbocycles. The molecule has 27 heavy (non-hydrogen) atoms. The highest BCUT2D eigenvalue weighted by Gasteiger charge is 2.20. The molecular formula is C20H23N5O2. The van der Waals surface area contributed by atoms with Crippen LogP contribution in [-0.2, 0) is 26.1 Å². The van der Waals surface area contributed by atoms with E-state index < -0.39 is 0 Å². The average molecular weight is 365 g/mol. The van der Waals surface area contributed by atoms with Crippen molar-refractivity contribution in [2.75, 3.05) is 20.2 Å². The number of nitrogens with zero attached hydrogens (tertiary/aromatic N) is 5. The first-order valence-corrected chi connectivity index (χ1v) is 9.15. The molecule has 0 radical (unpaired) electrons. The minimum Gasteiger partial charge on any atom is -0.481 e. The molecule has 7 heteroatoms. The predicted molar refractivity (Wildman–Crippen MR) is 102 cm³/mol. The third-order valence-electron chi connectivity index (χ3n) is 4.84. The summed E-state index contributed by atoms with van der Waals surface area (Å²) in [6, 6.07) is 15.7. The quantitative estimate of drug-likeness (QED) is 0.686. The summed E-state index contributed by atoms with van der Waals surface area (Å²) in [5, 5.41) is 4.58. The average Bonchev–Trinajstić information content (AvgIpc) is 2.86. The molecule has 140 valence electrons. The number of ether oxygens (including phenoxy) is 1. The van der Waals surface area contributed by atoms with Crippen LogP contribution in [0.4, 0.5) is 0 Å². The summed E-state index contributed by atoms with van der Waals surface area (Å²) in [6.45, 7) is 3.54. The lowest BCUT2D eigenvalue weighted by Crippen LogP contribution is -2.30. The first-order valence-electron chi connectivity index (χ1n) is 9.15. The van der Waals surface area contributed by atoms with Gasteiger partial charge in [-0.1, -0.05) is 36.4 Å². The fourth-order valence-electron chi connectivity index (χ4n) is 3.41. The monoisotopic (exact) mass is 365 g/mol. The maximum absolute atomic E-state index is 12.7. The van der Waals surface area contributed by atoms with Crippen molar-refractivity contribution < 1.29 is 4.74 Å². The molecule has 1 aliphatic rings. The van der Waals surface area contributed by atoms with Gasteiger partial charge >= 0.3 is 5.69 Å². The van der Waals surface area contributed by atoms with Gasteiger partial charge in [0.05, 0.1) is 19.3 Å². The Hall–Kier alpha value is -2.93. The van der Waals surface area contributed by atoms with E-state index in [1.165, 1.54) is 0 Å². The van der Waals surface area contributed by atoms with Crippen LogP contribution < -0.4 is 10.4 Å². The Labute approximate surface area is 157 Å². The Bertz CT molecular complexity index is 964. The molecule has 0 N–H and O–H groups in total. The number of benzene rings is 1. The van der Waals surface area contributed by atoms with Crippen molar-refractivity contribution in [3.63, 3.8) is 0 Å². The minimum atomic E-state index is -0.0322. The second-order valence-electron chi connectivity index (χ2n) is 6.69. The van der Waals surface area contributed by atoms with Crippen molar-refractivity contribution in [2.45, 2.75) is 26.1 Å². The van der Waals surface area contributed by atoms with E-state index in [4.69, 9.17) is 4.74 Å². The van der Waals surface area contributed by atoms with E-state index >= 15 is 0 Å². The van der Waals surface area contributed by atoms with Crippen LogP contribution in [-0.4, -0.2) is 44.4 Å². The van der Waals surface area contributed by atoms with Gasteiger partial charge in [-0.3, -0.25) is 9.47 Å². The van der Waals surface area contributed by atoms with Crippen LogP contribution >= 0.6 is 0 Å². The molecule has 0 fully saturated rings. The molecule has 1 aromatic carbocycles. The summed E-state index contributed by atoms with van der Waals surface area (Å²) in [6.07, 6.45) is 0.751. The van der Waals surface area contributed by atoms with Gasteiger partial charge in [-0.15, -0.1) is 0 Å². The second kappa shape index (κ2) is 7.75. The van der Waals surface area contributed by atoms with Gasteiger partial charge in [-0.05, 0) is 11.6 Å². The number of fused-ring (bicyclic) bond motifs is 1. The molecule has 0 spiro atoms. The molecule has 0 bridgehead atoms. The Kier molecular flexibility index (Phi) is 5.02. The molecular weight excluding hydrogens is 342 g/mol. The van der Waals surface area contributed by atoms with Gasteiger partial charge in [0, 0.05) is 38.7 Å². The van der Waals surface area contributed by atoms with Crippen molar-refractivity contribution >= 4 is 0 Å². The van der Waals surface area contributed by atoms with Crippen LogP contribution in [0.15, 0.2) is 53.3 Å². The Morgan fingerprint density at radius 2 is 1.85 bits per heavy atom. The molecule has 0 saturated heterocycles. The van der Waals surface area contributed by atoms with Crippen molar-refractivity contribution in [3.8, 4) is 5.88 Å². The number of rotatable bonds is 5. The molecule has 7 nitrogen and oxygen atoms in total. The highest BCUT2D eigenvalue weighted by molar-refractivity contribution is 5.16. The van der Waals surface area contributed by atoms with Crippen molar-refractivity contribution in [1.82, 2.24) is 24.2 Å². The van der Waals surface area contributed by atoms with Crippen molar-refractivity contribution in [1.29, 1.82) is 0 Å². The molecule has 0 amide bonds. The van der Waals surface area contributed by atoms with Gasteiger partial charge in [0.15, 0.2) is 0 Å². The van der Waals surface area contributed by atoms with Crippen LogP contribution in [0.25, 0.3) is 0 Å². The normalized spacial score (nSPS) is 14.6. The highest BCUT2D eigenvalue weighted by atomic mass is 16.5. The van der Waals surface area contributed by atoms with Gasteiger partial charge in [-0.2, -0.15) is 5.10 Å². The molecule has 3 heterocycles. The zero-order valence-corrected chi connectivity index (χ0v) is 15.4. The van der Waals surface area contributed by atoms with Crippen LogP contribution in [0.2, 0.25) is 0 Å². The second-order valence-corrected chi connectivity index (χ2v) is 6.69. The first-order chi connectivity index (χ1) is 13.2. The van der Waals surface area contributed by atoms with Gasteiger partial charge in [0.2, 0.25) is 5.88 Å². The molecule has 0 unspecified atom stereocenters. The molecule has 2 aromatic heterocycles. The van der Waals surface area contributed by atoms with Crippen molar-refractivity contribution in [3.05, 3.63) is 76.1 Å². The summed E-state index contributed by atoms with van der Waals surface area (Å²) >= 11 is 0. The zero-order chi connectivity index (χ0) is 18.6. The summed E-state index contributed by atoms with van der Waals surface area (Å²) in [5.74, 6) is 1.48. The van der Waals surface area contributed by atoms with Crippen LogP contribution in [0.3, 0.4) is 0 Å². The third kappa shape index (κ3) is 3.93. The predicted octanol–water partition coefficient (Wildman–Crippen LogP) is 1.55. The van der Waals surface area contributed by atoms with Crippen LogP contribution in [0.1, 0.15) is 17.1 Å². The minimum absolute atomic E-state index is 0.0322. The third-order valence-corrected chi connectivity index (χ3v) is 4.84. The van der Waals surface area contributed by atoms with Gasteiger partial charge in [-0.25, -0.2) is 14.5 Å². The van der Waals surface area contributed by atoms with Crippen LogP contribution in [0, 0.1) is 0 Å². The standard InChI is InChI=1S/C20H23N5O2/c1-27-19-9-5-8-17(21-19)15-23-11-10-18-22-25(20(26)24(18)13-12-23)14-16-6-3-2-4-7-16/h2-9H,10-15H2,1H3. The maximum atomic E-state index is 12.7. The van der Waals surface area contributed by atoms with Gasteiger partial charge in [0.1, 0.15) is 5.82 Å². The summed E-state index contributed by atoms with van der Waals surface area (Å²) < 4.78 is 8.58. The largest absolute Gasteiger partial charge is 0.481 e. The highest BCUT2D eigenvalue weighted by Crippen LogP contribution is 2.12. The lowest BCUT2D eigenvalue weighted by atomic mass is 10.2. The first kappa shape index (κ1) is 17.5. The molecule has 0 saturated carbocycles. The van der Waals surface area contributed by atoms with Crippen LogP contribution in [0.5, 0.6) is 5.88 Å². The molecule has 0 atom stereocenters. The van der Waals surface area contributed by atoms with E-state index in [-0.39, 0.29) is 5.69 Å². The number of aromatic nitrogens is 4. The summed E-state index contributed by atoms with van der Waals surface area (Å²) in [5.41, 5.74) is 2.02. The molecule has 1 aliphatic heterocycles. The fraction of sp³-hybridized carbons (Fsp3) is 0.350. The van der Waals surface area contributed by atoms with E-state index in [1.54, 1.807) is 11.8 Å². The number of methoxy groups -OCH3 is 1. The van der Waals surface area contributed by atoms with Gasteiger partial charge in [0.25, 0.3) is 0 Å². The lowest BCUT2D eigenvalue weighted by Gasteiger charge is -2.19. The smallest absolute Gasteiger partial charge is 0.346 e. The van der Waals surface area contributed by atoms with E-state index in [0.29, 0.717) is 19.0 Å². The Balaban J connectivity index is 1.45.